The summed E-state index contributed by atoms with van der Waals surface area (Å²) in [5.41, 5.74) is 1.71. The van der Waals surface area contributed by atoms with Gasteiger partial charge in [0.15, 0.2) is 0 Å². The predicted molar refractivity (Wildman–Crippen MR) is 84.5 cm³/mol. The van der Waals surface area contributed by atoms with E-state index in [4.69, 9.17) is 5.11 Å². The first-order valence-electron chi connectivity index (χ1n) is 7.41. The summed E-state index contributed by atoms with van der Waals surface area (Å²) in [6.45, 7) is 5.22. The van der Waals surface area contributed by atoms with Gasteiger partial charge in [0.1, 0.15) is 0 Å². The molecule has 1 heterocycles. The zero-order valence-corrected chi connectivity index (χ0v) is 13.4. The molecule has 0 aliphatic carbocycles. The van der Waals surface area contributed by atoms with Gasteiger partial charge in [0, 0.05) is 19.7 Å². The maximum absolute atomic E-state index is 12.4. The molecule has 1 aromatic rings. The second kappa shape index (κ2) is 6.77. The van der Waals surface area contributed by atoms with Crippen LogP contribution in [0.5, 0.6) is 0 Å². The molecule has 0 unspecified atom stereocenters. The number of hydrogen-bond acceptors (Lipinski definition) is 3. The normalized spacial score (nSPS) is 18.1. The van der Waals surface area contributed by atoms with E-state index in [0.717, 1.165) is 5.56 Å². The van der Waals surface area contributed by atoms with Crippen LogP contribution in [-0.2, 0) is 10.2 Å². The van der Waals surface area contributed by atoms with Crippen LogP contribution in [0.25, 0.3) is 0 Å². The molecule has 2 rings (SSSR count). The lowest BCUT2D eigenvalue weighted by Crippen LogP contribution is -2.42. The quantitative estimate of drug-likeness (QED) is 0.875. The molecule has 0 saturated carbocycles. The Morgan fingerprint density at radius 3 is 2.57 bits per heavy atom. The average Bonchev–Trinajstić information content (AvgIpc) is 2.47. The lowest BCUT2D eigenvalue weighted by molar-refractivity contribution is 0.170. The van der Waals surface area contributed by atoms with E-state index in [-0.39, 0.29) is 12.5 Å². The SMILES string of the molecule is CC(C)c1cccc(NS(=O)(=O)N2CCC(CO)CC2)c1. The summed E-state index contributed by atoms with van der Waals surface area (Å²) in [7, 11) is -3.51. The second-order valence-corrected chi connectivity index (χ2v) is 7.58. The highest BCUT2D eigenvalue weighted by molar-refractivity contribution is 7.90. The summed E-state index contributed by atoms with van der Waals surface area (Å²) >= 11 is 0. The first-order chi connectivity index (χ1) is 9.92. The van der Waals surface area contributed by atoms with E-state index in [0.29, 0.717) is 37.5 Å². The van der Waals surface area contributed by atoms with Crippen LogP contribution in [0.4, 0.5) is 5.69 Å². The lowest BCUT2D eigenvalue weighted by Gasteiger charge is -2.30. The van der Waals surface area contributed by atoms with Crippen LogP contribution >= 0.6 is 0 Å². The molecule has 2 N–H and O–H groups in total. The Hall–Kier alpha value is -1.11. The minimum atomic E-state index is -3.51. The van der Waals surface area contributed by atoms with E-state index in [1.165, 1.54) is 4.31 Å². The standard InChI is InChI=1S/C15H24N2O3S/c1-12(2)14-4-3-5-15(10-14)16-21(19,20)17-8-6-13(11-18)7-9-17/h3-5,10,12-13,16,18H,6-9,11H2,1-2H3. The molecule has 1 fully saturated rings. The third-order valence-corrected chi connectivity index (χ3v) is 5.51. The molecule has 118 valence electrons. The first-order valence-corrected chi connectivity index (χ1v) is 8.85. The van der Waals surface area contributed by atoms with Crippen molar-refractivity contribution in [3.63, 3.8) is 0 Å². The highest BCUT2D eigenvalue weighted by atomic mass is 32.2. The van der Waals surface area contributed by atoms with E-state index >= 15 is 0 Å². The van der Waals surface area contributed by atoms with Gasteiger partial charge in [-0.25, -0.2) is 0 Å². The van der Waals surface area contributed by atoms with Gasteiger partial charge in [0.05, 0.1) is 5.69 Å². The van der Waals surface area contributed by atoms with Gasteiger partial charge in [-0.15, -0.1) is 0 Å². The Labute approximate surface area is 127 Å². The fourth-order valence-corrected chi connectivity index (χ4v) is 3.75. The number of aliphatic hydroxyl groups excluding tert-OH is 1. The van der Waals surface area contributed by atoms with Gasteiger partial charge in [-0.2, -0.15) is 12.7 Å². The van der Waals surface area contributed by atoms with Gasteiger partial charge >= 0.3 is 10.2 Å². The highest BCUT2D eigenvalue weighted by Gasteiger charge is 2.27. The van der Waals surface area contributed by atoms with Crippen LogP contribution in [-0.4, -0.2) is 37.5 Å². The van der Waals surface area contributed by atoms with E-state index in [2.05, 4.69) is 18.6 Å². The average molecular weight is 312 g/mol. The number of hydrogen-bond donors (Lipinski definition) is 2. The maximum atomic E-state index is 12.4. The number of aliphatic hydroxyl groups is 1. The molecular formula is C15H24N2O3S. The molecule has 1 saturated heterocycles. The van der Waals surface area contributed by atoms with Crippen molar-refractivity contribution in [2.24, 2.45) is 5.92 Å². The summed E-state index contributed by atoms with van der Waals surface area (Å²) in [6, 6.07) is 7.51. The van der Waals surface area contributed by atoms with Crippen molar-refractivity contribution in [2.45, 2.75) is 32.6 Å². The van der Waals surface area contributed by atoms with E-state index in [9.17, 15) is 8.42 Å². The molecule has 0 aromatic heterocycles. The molecule has 0 atom stereocenters. The highest BCUT2D eigenvalue weighted by Crippen LogP contribution is 2.22. The third-order valence-electron chi connectivity index (χ3n) is 3.97. The van der Waals surface area contributed by atoms with Gasteiger partial charge in [-0.3, -0.25) is 4.72 Å². The van der Waals surface area contributed by atoms with Gasteiger partial charge in [-0.05, 0) is 42.4 Å². The van der Waals surface area contributed by atoms with Crippen LogP contribution in [0, 0.1) is 5.92 Å². The Morgan fingerprint density at radius 2 is 2.00 bits per heavy atom. The molecule has 21 heavy (non-hydrogen) atoms. The van der Waals surface area contributed by atoms with Crippen molar-refractivity contribution < 1.29 is 13.5 Å². The summed E-state index contributed by atoms with van der Waals surface area (Å²) in [5, 5.41) is 9.11. The van der Waals surface area contributed by atoms with Gasteiger partial charge < -0.3 is 5.11 Å². The molecule has 0 radical (unpaired) electrons. The van der Waals surface area contributed by atoms with E-state index < -0.39 is 10.2 Å². The van der Waals surface area contributed by atoms with Gasteiger partial charge in [0.2, 0.25) is 0 Å². The number of benzene rings is 1. The van der Waals surface area contributed by atoms with E-state index in [1.807, 2.05) is 18.2 Å². The van der Waals surface area contributed by atoms with Crippen molar-refractivity contribution in [1.29, 1.82) is 0 Å². The predicted octanol–water partition coefficient (Wildman–Crippen LogP) is 2.17. The molecule has 1 aromatic carbocycles. The number of nitrogens with one attached hydrogen (secondary N) is 1. The fraction of sp³-hybridized carbons (Fsp3) is 0.600. The number of rotatable bonds is 5. The maximum Gasteiger partial charge on any atom is 0.301 e. The molecule has 5 nitrogen and oxygen atoms in total. The smallest absolute Gasteiger partial charge is 0.301 e. The van der Waals surface area contributed by atoms with Crippen molar-refractivity contribution in [1.82, 2.24) is 4.31 Å². The largest absolute Gasteiger partial charge is 0.396 e. The van der Waals surface area contributed by atoms with Gasteiger partial charge in [0.25, 0.3) is 0 Å². The Bertz CT molecular complexity index is 564. The Balaban J connectivity index is 2.06. The van der Waals surface area contributed by atoms with Crippen molar-refractivity contribution in [2.75, 3.05) is 24.4 Å². The monoisotopic (exact) mass is 312 g/mol. The molecular weight excluding hydrogens is 288 g/mol. The Morgan fingerprint density at radius 1 is 1.33 bits per heavy atom. The van der Waals surface area contributed by atoms with Crippen LogP contribution in [0.3, 0.4) is 0 Å². The minimum absolute atomic E-state index is 0.137. The summed E-state index contributed by atoms with van der Waals surface area (Å²) in [5.74, 6) is 0.579. The van der Waals surface area contributed by atoms with Crippen molar-refractivity contribution >= 4 is 15.9 Å². The summed E-state index contributed by atoms with van der Waals surface area (Å²) < 4.78 is 28.9. The first kappa shape index (κ1) is 16.3. The third kappa shape index (κ3) is 4.18. The van der Waals surface area contributed by atoms with E-state index in [1.54, 1.807) is 6.07 Å². The van der Waals surface area contributed by atoms with Crippen LogP contribution in [0.1, 0.15) is 38.2 Å². The molecule has 1 aliphatic rings. The number of anilines is 1. The summed E-state index contributed by atoms with van der Waals surface area (Å²) in [4.78, 5) is 0. The minimum Gasteiger partial charge on any atom is -0.396 e. The summed E-state index contributed by atoms with van der Waals surface area (Å²) in [6.07, 6.45) is 1.42. The van der Waals surface area contributed by atoms with Crippen LogP contribution in [0.2, 0.25) is 0 Å². The van der Waals surface area contributed by atoms with Gasteiger partial charge in [-0.1, -0.05) is 26.0 Å². The number of piperidine rings is 1. The molecule has 0 bridgehead atoms. The molecule has 6 heteroatoms. The molecule has 1 aliphatic heterocycles. The van der Waals surface area contributed by atoms with Crippen LogP contribution in [0.15, 0.2) is 24.3 Å². The lowest BCUT2D eigenvalue weighted by atomic mass is 10.00. The topological polar surface area (TPSA) is 69.6 Å². The van der Waals surface area contributed by atoms with Crippen LogP contribution < -0.4 is 4.72 Å². The molecule has 0 amide bonds. The molecule has 0 spiro atoms. The second-order valence-electron chi connectivity index (χ2n) is 5.91. The Kier molecular flexibility index (Phi) is 5.24. The zero-order valence-electron chi connectivity index (χ0n) is 12.6. The number of nitrogens with zero attached hydrogens (tertiary/aromatic N) is 1. The fourth-order valence-electron chi connectivity index (χ4n) is 2.51. The van der Waals surface area contributed by atoms with Crippen molar-refractivity contribution in [3.8, 4) is 0 Å². The zero-order chi connectivity index (χ0) is 15.5. The van der Waals surface area contributed by atoms with Crippen molar-refractivity contribution in [3.05, 3.63) is 29.8 Å².